The smallest absolute Gasteiger partial charge is 0.413 e. The molecule has 0 saturated carbocycles. The van der Waals surface area contributed by atoms with E-state index in [0.29, 0.717) is 12.4 Å². The van der Waals surface area contributed by atoms with Crippen molar-refractivity contribution < 1.29 is 19.1 Å². The van der Waals surface area contributed by atoms with Crippen LogP contribution in [0.1, 0.15) is 66.1 Å². The molecule has 9 heteroatoms. The number of aromatic nitrogens is 3. The van der Waals surface area contributed by atoms with Crippen molar-refractivity contribution >= 4 is 18.0 Å². The van der Waals surface area contributed by atoms with E-state index in [1.807, 2.05) is 26.8 Å². The quantitative estimate of drug-likeness (QED) is 0.719. The van der Waals surface area contributed by atoms with Gasteiger partial charge in [-0.1, -0.05) is 0 Å². The summed E-state index contributed by atoms with van der Waals surface area (Å²) < 4.78 is 10.9. The van der Waals surface area contributed by atoms with Gasteiger partial charge in [0.15, 0.2) is 0 Å². The van der Waals surface area contributed by atoms with E-state index in [1.54, 1.807) is 44.1 Å². The van der Waals surface area contributed by atoms with Gasteiger partial charge >= 0.3 is 12.2 Å². The normalized spacial score (nSPS) is 16.8. The van der Waals surface area contributed by atoms with Crippen molar-refractivity contribution in [1.82, 2.24) is 20.1 Å². The first kappa shape index (κ1) is 22.6. The predicted octanol–water partition coefficient (Wildman–Crippen LogP) is 4.89. The van der Waals surface area contributed by atoms with Gasteiger partial charge in [-0.05, 0) is 72.1 Å². The van der Waals surface area contributed by atoms with E-state index in [2.05, 4.69) is 20.5 Å². The van der Waals surface area contributed by atoms with Gasteiger partial charge < -0.3 is 9.47 Å². The molecule has 1 fully saturated rings. The number of rotatable bonds is 3. The van der Waals surface area contributed by atoms with Crippen LogP contribution in [0.25, 0.3) is 11.1 Å². The second-order valence-electron chi connectivity index (χ2n) is 9.59. The maximum absolute atomic E-state index is 12.7. The molecule has 2 aromatic rings. The van der Waals surface area contributed by atoms with Crippen LogP contribution in [0.2, 0.25) is 0 Å². The van der Waals surface area contributed by atoms with Crippen LogP contribution in [-0.2, 0) is 9.47 Å². The van der Waals surface area contributed by atoms with Crippen molar-refractivity contribution in [2.75, 3.05) is 11.9 Å². The van der Waals surface area contributed by atoms with Crippen LogP contribution in [0.3, 0.4) is 0 Å². The topological polar surface area (TPSA) is 109 Å². The maximum Gasteiger partial charge on any atom is 0.413 e. The minimum atomic E-state index is -0.604. The summed E-state index contributed by atoms with van der Waals surface area (Å²) in [6, 6.07) is 3.43. The standard InChI is InChI=1S/C22H31N5O4/c1-21(2,3)30-19(28)25-17-12-14(9-10-23-17)15-13-24-26-18(15)16-8-7-11-27(16)20(29)31-22(4,5)6/h9-10,12-13,16H,7-8,11H2,1-6H3,(H,24,26)(H,23,25,28)/t16-/m0/s1. The summed E-state index contributed by atoms with van der Waals surface area (Å²) >= 11 is 0. The zero-order chi connectivity index (χ0) is 22.8. The number of amides is 2. The highest BCUT2D eigenvalue weighted by molar-refractivity contribution is 5.85. The monoisotopic (exact) mass is 429 g/mol. The number of anilines is 1. The number of nitrogens with one attached hydrogen (secondary N) is 2. The number of ether oxygens (including phenoxy) is 2. The van der Waals surface area contributed by atoms with Crippen LogP contribution in [0, 0.1) is 0 Å². The summed E-state index contributed by atoms with van der Waals surface area (Å²) in [5.41, 5.74) is 1.33. The molecule has 9 nitrogen and oxygen atoms in total. The van der Waals surface area contributed by atoms with Crippen LogP contribution in [0.15, 0.2) is 24.5 Å². The molecule has 2 aromatic heterocycles. The first-order chi connectivity index (χ1) is 14.4. The third-order valence-electron chi connectivity index (χ3n) is 4.58. The number of pyridine rings is 1. The molecule has 0 radical (unpaired) electrons. The van der Waals surface area contributed by atoms with Gasteiger partial charge in [-0.2, -0.15) is 5.10 Å². The first-order valence-electron chi connectivity index (χ1n) is 10.4. The summed E-state index contributed by atoms with van der Waals surface area (Å²) in [6.07, 6.45) is 4.10. The molecule has 2 amide bonds. The molecular weight excluding hydrogens is 398 g/mol. The number of hydrogen-bond donors (Lipinski definition) is 2. The van der Waals surface area contributed by atoms with E-state index in [9.17, 15) is 9.59 Å². The molecule has 3 rings (SSSR count). The van der Waals surface area contributed by atoms with Gasteiger partial charge in [0.2, 0.25) is 0 Å². The lowest BCUT2D eigenvalue weighted by Crippen LogP contribution is -2.36. The number of carbonyl (C=O) groups is 2. The van der Waals surface area contributed by atoms with Crippen LogP contribution in [0.5, 0.6) is 0 Å². The Morgan fingerprint density at radius 3 is 2.55 bits per heavy atom. The Morgan fingerprint density at radius 2 is 1.87 bits per heavy atom. The largest absolute Gasteiger partial charge is 0.444 e. The minimum absolute atomic E-state index is 0.164. The molecule has 1 aliphatic rings. The third-order valence-corrected chi connectivity index (χ3v) is 4.58. The van der Waals surface area contributed by atoms with E-state index in [0.717, 1.165) is 29.7 Å². The van der Waals surface area contributed by atoms with E-state index in [4.69, 9.17) is 9.47 Å². The van der Waals surface area contributed by atoms with Gasteiger partial charge in [-0.3, -0.25) is 15.3 Å². The van der Waals surface area contributed by atoms with Crippen molar-refractivity contribution in [3.63, 3.8) is 0 Å². The van der Waals surface area contributed by atoms with E-state index in [-0.39, 0.29) is 12.1 Å². The van der Waals surface area contributed by atoms with Gasteiger partial charge in [0, 0.05) is 18.3 Å². The first-order valence-corrected chi connectivity index (χ1v) is 10.4. The Kier molecular flexibility index (Phi) is 6.24. The Morgan fingerprint density at radius 1 is 1.16 bits per heavy atom. The van der Waals surface area contributed by atoms with Crippen LogP contribution < -0.4 is 5.32 Å². The summed E-state index contributed by atoms with van der Waals surface area (Å²) in [7, 11) is 0. The Labute approximate surface area is 182 Å². The fourth-order valence-electron chi connectivity index (χ4n) is 3.46. The lowest BCUT2D eigenvalue weighted by molar-refractivity contribution is 0.0221. The van der Waals surface area contributed by atoms with Gasteiger partial charge in [0.1, 0.15) is 17.0 Å². The Hall–Kier alpha value is -3.10. The molecule has 2 N–H and O–H groups in total. The highest BCUT2D eigenvalue weighted by atomic mass is 16.6. The number of nitrogens with zero attached hydrogens (tertiary/aromatic N) is 3. The molecular formula is C22H31N5O4. The maximum atomic E-state index is 12.7. The van der Waals surface area contributed by atoms with Gasteiger partial charge in [0.05, 0.1) is 17.9 Å². The van der Waals surface area contributed by atoms with Crippen molar-refractivity contribution in [3.05, 3.63) is 30.2 Å². The Balaban J connectivity index is 1.81. The second kappa shape index (κ2) is 8.56. The zero-order valence-electron chi connectivity index (χ0n) is 19.0. The molecule has 1 saturated heterocycles. The number of aromatic amines is 1. The molecule has 0 aromatic carbocycles. The third kappa shape index (κ3) is 5.96. The van der Waals surface area contributed by atoms with E-state index < -0.39 is 17.3 Å². The number of likely N-dealkylation sites (tertiary alicyclic amines) is 1. The van der Waals surface area contributed by atoms with Crippen LogP contribution >= 0.6 is 0 Å². The lowest BCUT2D eigenvalue weighted by atomic mass is 10.0. The molecule has 31 heavy (non-hydrogen) atoms. The molecule has 0 aliphatic carbocycles. The van der Waals surface area contributed by atoms with Crippen molar-refractivity contribution in [2.45, 2.75) is 71.6 Å². The van der Waals surface area contributed by atoms with Crippen molar-refractivity contribution in [2.24, 2.45) is 0 Å². The summed E-state index contributed by atoms with van der Waals surface area (Å²) in [4.78, 5) is 30.7. The average molecular weight is 430 g/mol. The highest BCUT2D eigenvalue weighted by Crippen LogP contribution is 2.37. The van der Waals surface area contributed by atoms with E-state index >= 15 is 0 Å². The highest BCUT2D eigenvalue weighted by Gasteiger charge is 2.35. The fraction of sp³-hybridized carbons (Fsp3) is 0.545. The lowest BCUT2D eigenvalue weighted by Gasteiger charge is -2.28. The van der Waals surface area contributed by atoms with Crippen molar-refractivity contribution in [3.8, 4) is 11.1 Å². The number of carbonyl (C=O) groups excluding carboxylic acids is 2. The average Bonchev–Trinajstić information content (AvgIpc) is 3.27. The fourth-order valence-corrected chi connectivity index (χ4v) is 3.46. The summed E-state index contributed by atoms with van der Waals surface area (Å²) in [5.74, 6) is 0.370. The molecule has 1 aliphatic heterocycles. The van der Waals surface area contributed by atoms with Crippen LogP contribution in [-0.4, -0.2) is 50.0 Å². The number of hydrogen-bond acceptors (Lipinski definition) is 6. The predicted molar refractivity (Wildman–Crippen MR) is 117 cm³/mol. The molecule has 168 valence electrons. The number of H-pyrrole nitrogens is 1. The van der Waals surface area contributed by atoms with E-state index in [1.165, 1.54) is 0 Å². The second-order valence-corrected chi connectivity index (χ2v) is 9.59. The Bertz CT molecular complexity index is 942. The molecule has 1 atom stereocenters. The summed E-state index contributed by atoms with van der Waals surface area (Å²) in [6.45, 7) is 11.6. The van der Waals surface area contributed by atoms with Gasteiger partial charge in [-0.15, -0.1) is 0 Å². The van der Waals surface area contributed by atoms with Gasteiger partial charge in [-0.25, -0.2) is 14.6 Å². The zero-order valence-corrected chi connectivity index (χ0v) is 19.0. The van der Waals surface area contributed by atoms with Crippen LogP contribution in [0.4, 0.5) is 15.4 Å². The van der Waals surface area contributed by atoms with Gasteiger partial charge in [0.25, 0.3) is 0 Å². The molecule has 0 bridgehead atoms. The molecule has 0 unspecified atom stereocenters. The summed E-state index contributed by atoms with van der Waals surface area (Å²) in [5, 5.41) is 9.92. The molecule has 0 spiro atoms. The minimum Gasteiger partial charge on any atom is -0.444 e. The van der Waals surface area contributed by atoms with Crippen molar-refractivity contribution in [1.29, 1.82) is 0 Å². The molecule has 3 heterocycles. The SMILES string of the molecule is CC(C)(C)OC(=O)Nc1cc(-c2cn[nH]c2[C@@H]2CCCN2C(=O)OC(C)(C)C)ccn1.